The van der Waals surface area contributed by atoms with Crippen molar-refractivity contribution in [3.63, 3.8) is 0 Å². The third-order valence-corrected chi connectivity index (χ3v) is 4.63. The molecule has 0 aliphatic rings. The van der Waals surface area contributed by atoms with Crippen molar-refractivity contribution in [1.29, 1.82) is 5.26 Å². The van der Waals surface area contributed by atoms with E-state index in [2.05, 4.69) is 37.2 Å². The molecule has 1 aromatic heterocycles. The summed E-state index contributed by atoms with van der Waals surface area (Å²) in [4.78, 5) is 4.50. The maximum Gasteiger partial charge on any atom is 0.209 e. The number of halogens is 1. The monoisotopic (exact) mass is 370 g/mol. The van der Waals surface area contributed by atoms with Crippen molar-refractivity contribution in [2.45, 2.75) is 10.9 Å². The van der Waals surface area contributed by atoms with E-state index in [1.807, 2.05) is 42.5 Å². The van der Waals surface area contributed by atoms with Crippen molar-refractivity contribution in [3.05, 3.63) is 64.1 Å². The number of nitriles is 1. The first-order chi connectivity index (χ1) is 10.8. The average molecular weight is 371 g/mol. The number of hydrogen-bond donors (Lipinski definition) is 1. The van der Waals surface area contributed by atoms with Gasteiger partial charge in [0.1, 0.15) is 0 Å². The van der Waals surface area contributed by atoms with Gasteiger partial charge in [0.05, 0.1) is 11.6 Å². The molecule has 0 bridgehead atoms. The van der Waals surface area contributed by atoms with E-state index < -0.39 is 0 Å². The van der Waals surface area contributed by atoms with E-state index in [4.69, 9.17) is 5.26 Å². The molecule has 1 N–H and O–H groups in total. The smallest absolute Gasteiger partial charge is 0.209 e. The lowest BCUT2D eigenvalue weighted by Crippen LogP contribution is -1.84. The number of thioether (sulfide) groups is 1. The minimum atomic E-state index is 0.669. The second-order valence-electron chi connectivity index (χ2n) is 4.55. The minimum absolute atomic E-state index is 0.669. The van der Waals surface area contributed by atoms with Crippen LogP contribution < -0.4 is 0 Å². The van der Waals surface area contributed by atoms with Gasteiger partial charge in [-0.25, -0.2) is 4.98 Å². The number of nitrogens with zero attached hydrogens (tertiary/aromatic N) is 3. The highest BCUT2D eigenvalue weighted by atomic mass is 79.9. The molecule has 0 unspecified atom stereocenters. The molecule has 3 aromatic rings. The topological polar surface area (TPSA) is 65.4 Å². The molecule has 108 valence electrons. The maximum atomic E-state index is 8.91. The molecule has 0 radical (unpaired) electrons. The van der Waals surface area contributed by atoms with Crippen molar-refractivity contribution in [2.24, 2.45) is 0 Å². The van der Waals surface area contributed by atoms with Crippen LogP contribution in [0, 0.1) is 11.3 Å². The van der Waals surface area contributed by atoms with E-state index in [1.54, 1.807) is 6.07 Å². The van der Waals surface area contributed by atoms with Gasteiger partial charge in [-0.1, -0.05) is 58.0 Å². The van der Waals surface area contributed by atoms with Gasteiger partial charge in [0, 0.05) is 15.8 Å². The zero-order valence-corrected chi connectivity index (χ0v) is 13.9. The fraction of sp³-hybridized carbons (Fsp3) is 0.0625. The number of rotatable bonds is 4. The molecule has 0 saturated heterocycles. The summed E-state index contributed by atoms with van der Waals surface area (Å²) in [5, 5.41) is 16.8. The Kier molecular flexibility index (Phi) is 4.56. The Morgan fingerprint density at radius 2 is 2.05 bits per heavy atom. The predicted octanol–water partition coefficient (Wildman–Crippen LogP) is 4.40. The van der Waals surface area contributed by atoms with Crippen LogP contribution in [0.3, 0.4) is 0 Å². The Bertz CT molecular complexity index is 838. The second-order valence-corrected chi connectivity index (χ2v) is 6.34. The quantitative estimate of drug-likeness (QED) is 0.691. The Hall–Kier alpha value is -2.10. The number of nitrogens with one attached hydrogen (secondary N) is 1. The third kappa shape index (κ3) is 3.38. The van der Waals surface area contributed by atoms with Crippen molar-refractivity contribution in [2.75, 3.05) is 0 Å². The van der Waals surface area contributed by atoms with E-state index in [0.717, 1.165) is 27.2 Å². The van der Waals surface area contributed by atoms with Crippen LogP contribution in [0.15, 0.2) is 58.2 Å². The fourth-order valence-electron chi connectivity index (χ4n) is 1.96. The lowest BCUT2D eigenvalue weighted by Gasteiger charge is -1.99. The van der Waals surface area contributed by atoms with Gasteiger partial charge in [-0.15, -0.1) is 5.10 Å². The van der Waals surface area contributed by atoms with Crippen molar-refractivity contribution >= 4 is 27.7 Å². The Morgan fingerprint density at radius 1 is 1.18 bits per heavy atom. The van der Waals surface area contributed by atoms with Gasteiger partial charge in [-0.2, -0.15) is 5.26 Å². The Balaban J connectivity index is 1.72. The van der Waals surface area contributed by atoms with Gasteiger partial charge in [-0.05, 0) is 23.8 Å². The van der Waals surface area contributed by atoms with Crippen LogP contribution in [-0.2, 0) is 5.75 Å². The van der Waals surface area contributed by atoms with Gasteiger partial charge in [-0.3, -0.25) is 5.10 Å². The summed E-state index contributed by atoms with van der Waals surface area (Å²) < 4.78 is 0.976. The molecule has 0 spiro atoms. The highest BCUT2D eigenvalue weighted by molar-refractivity contribution is 9.10. The summed E-state index contributed by atoms with van der Waals surface area (Å²) in [5.41, 5.74) is 2.73. The molecule has 0 fully saturated rings. The number of benzene rings is 2. The summed E-state index contributed by atoms with van der Waals surface area (Å²) in [6.07, 6.45) is 0. The van der Waals surface area contributed by atoms with Crippen LogP contribution in [0.2, 0.25) is 0 Å². The van der Waals surface area contributed by atoms with Crippen LogP contribution in [0.4, 0.5) is 0 Å². The van der Waals surface area contributed by atoms with E-state index in [-0.39, 0.29) is 0 Å². The highest BCUT2D eigenvalue weighted by Crippen LogP contribution is 2.27. The zero-order chi connectivity index (χ0) is 15.4. The molecule has 3 rings (SSSR count). The van der Waals surface area contributed by atoms with Crippen molar-refractivity contribution in [1.82, 2.24) is 15.2 Å². The van der Waals surface area contributed by atoms with E-state index in [1.165, 1.54) is 11.8 Å². The number of aromatic nitrogens is 3. The van der Waals surface area contributed by atoms with Crippen LogP contribution in [0.5, 0.6) is 0 Å². The normalized spacial score (nSPS) is 10.4. The molecule has 0 saturated carbocycles. The second kappa shape index (κ2) is 6.77. The molecule has 2 aromatic carbocycles. The standard InChI is InChI=1S/C16H11BrN4S/c17-14-7-2-1-6-13(14)15-19-16(21-20-15)22-10-12-5-3-4-11(8-12)9-18/h1-8H,10H2,(H,19,20,21). The highest BCUT2D eigenvalue weighted by Gasteiger charge is 2.09. The number of aromatic amines is 1. The average Bonchev–Trinajstić information content (AvgIpc) is 3.02. The lowest BCUT2D eigenvalue weighted by atomic mass is 10.2. The third-order valence-electron chi connectivity index (χ3n) is 3.02. The molecule has 0 aliphatic carbocycles. The molecule has 22 heavy (non-hydrogen) atoms. The van der Waals surface area contributed by atoms with Crippen molar-refractivity contribution < 1.29 is 0 Å². The van der Waals surface area contributed by atoms with Gasteiger partial charge < -0.3 is 0 Å². The molecule has 0 atom stereocenters. The molecule has 1 heterocycles. The summed E-state index contributed by atoms with van der Waals surface area (Å²) in [6, 6.07) is 17.6. The fourth-order valence-corrected chi connectivity index (χ4v) is 3.18. The number of H-pyrrole nitrogens is 1. The summed E-state index contributed by atoms with van der Waals surface area (Å²) in [5.74, 6) is 1.46. The minimum Gasteiger partial charge on any atom is -0.258 e. The summed E-state index contributed by atoms with van der Waals surface area (Å²) in [7, 11) is 0. The van der Waals surface area contributed by atoms with E-state index in [0.29, 0.717) is 10.7 Å². The molecule has 0 amide bonds. The van der Waals surface area contributed by atoms with Gasteiger partial charge >= 0.3 is 0 Å². The zero-order valence-electron chi connectivity index (χ0n) is 11.5. The molecular weight excluding hydrogens is 360 g/mol. The van der Waals surface area contributed by atoms with Crippen molar-refractivity contribution in [3.8, 4) is 17.5 Å². The van der Waals surface area contributed by atoms with E-state index in [9.17, 15) is 0 Å². The van der Waals surface area contributed by atoms with Crippen LogP contribution in [-0.4, -0.2) is 15.2 Å². The van der Waals surface area contributed by atoms with Crippen LogP contribution >= 0.6 is 27.7 Å². The summed E-state index contributed by atoms with van der Waals surface area (Å²) >= 11 is 5.04. The first kappa shape index (κ1) is 14.8. The Morgan fingerprint density at radius 3 is 2.86 bits per heavy atom. The van der Waals surface area contributed by atoms with Gasteiger partial charge in [0.2, 0.25) is 5.16 Å². The molecule has 0 aliphatic heterocycles. The largest absolute Gasteiger partial charge is 0.258 e. The predicted molar refractivity (Wildman–Crippen MR) is 90.2 cm³/mol. The first-order valence-electron chi connectivity index (χ1n) is 6.55. The van der Waals surface area contributed by atoms with Crippen LogP contribution in [0.1, 0.15) is 11.1 Å². The summed E-state index contributed by atoms with van der Waals surface area (Å²) in [6.45, 7) is 0. The first-order valence-corrected chi connectivity index (χ1v) is 8.33. The molecule has 6 heteroatoms. The number of hydrogen-bond acceptors (Lipinski definition) is 4. The molecular formula is C16H11BrN4S. The Labute approximate surface area is 140 Å². The maximum absolute atomic E-state index is 8.91. The SMILES string of the molecule is N#Cc1cccc(CSc2n[nH]c(-c3ccccc3Br)n2)c1. The van der Waals surface area contributed by atoms with Gasteiger partial charge in [0.15, 0.2) is 5.82 Å². The van der Waals surface area contributed by atoms with Crippen LogP contribution in [0.25, 0.3) is 11.4 Å². The lowest BCUT2D eigenvalue weighted by molar-refractivity contribution is 0.973. The molecule has 4 nitrogen and oxygen atoms in total. The van der Waals surface area contributed by atoms with Gasteiger partial charge in [0.25, 0.3) is 0 Å². The van der Waals surface area contributed by atoms with E-state index >= 15 is 0 Å².